The molecule has 0 aromatic heterocycles. The smallest absolute Gasteiger partial charge is 0.320 e. The maximum atomic E-state index is 12.4. The predicted molar refractivity (Wildman–Crippen MR) is 87.7 cm³/mol. The molecule has 0 aromatic carbocycles. The SMILES string of the molecule is O=C1NCCN1CCCN1CCN(CCCN2CCNC2=O)C1=O. The molecular weight excluding hydrogens is 312 g/mol. The molecule has 3 aliphatic rings. The lowest BCUT2D eigenvalue weighted by Gasteiger charge is -2.21. The number of nitrogens with one attached hydrogen (secondary N) is 2. The van der Waals surface area contributed by atoms with Crippen molar-refractivity contribution in [2.24, 2.45) is 0 Å². The second-order valence-corrected chi connectivity index (χ2v) is 6.40. The first-order valence-corrected chi connectivity index (χ1v) is 8.74. The third-order valence-electron chi connectivity index (χ3n) is 4.78. The normalized spacial score (nSPS) is 21.1. The lowest BCUT2D eigenvalue weighted by Crippen LogP contribution is -2.36. The molecule has 0 aromatic rings. The lowest BCUT2D eigenvalue weighted by molar-refractivity contribution is 0.186. The van der Waals surface area contributed by atoms with Crippen LogP contribution >= 0.6 is 0 Å². The standard InChI is InChI=1S/C15H26N6O3/c22-13-16-3-9-18(13)5-1-7-20-11-12-21(15(20)24)8-2-6-19-10-4-17-14(19)23/h1-12H2,(H,16,22)(H,17,23). The zero-order chi connectivity index (χ0) is 16.9. The molecule has 0 radical (unpaired) electrons. The molecule has 3 fully saturated rings. The van der Waals surface area contributed by atoms with Gasteiger partial charge in [0, 0.05) is 65.4 Å². The molecule has 0 saturated carbocycles. The van der Waals surface area contributed by atoms with Crippen molar-refractivity contribution in [2.45, 2.75) is 12.8 Å². The number of carbonyl (C=O) groups excluding carboxylic acids is 3. The zero-order valence-electron chi connectivity index (χ0n) is 14.0. The molecule has 0 unspecified atom stereocenters. The molecule has 2 N–H and O–H groups in total. The van der Waals surface area contributed by atoms with Crippen molar-refractivity contribution in [2.75, 3.05) is 65.4 Å². The van der Waals surface area contributed by atoms with Gasteiger partial charge in [0.15, 0.2) is 0 Å². The van der Waals surface area contributed by atoms with Crippen LogP contribution in [0.4, 0.5) is 14.4 Å². The summed E-state index contributed by atoms with van der Waals surface area (Å²) in [5.74, 6) is 0. The maximum absolute atomic E-state index is 12.4. The van der Waals surface area contributed by atoms with E-state index in [1.165, 1.54) is 0 Å². The summed E-state index contributed by atoms with van der Waals surface area (Å²) in [7, 11) is 0. The van der Waals surface area contributed by atoms with Crippen molar-refractivity contribution in [3.05, 3.63) is 0 Å². The van der Waals surface area contributed by atoms with Crippen LogP contribution in [0, 0.1) is 0 Å². The van der Waals surface area contributed by atoms with Crippen LogP contribution in [0.25, 0.3) is 0 Å². The van der Waals surface area contributed by atoms with Gasteiger partial charge in [-0.2, -0.15) is 0 Å². The van der Waals surface area contributed by atoms with Crippen LogP contribution in [-0.4, -0.2) is 103 Å². The molecule has 0 bridgehead atoms. The minimum absolute atomic E-state index is 0.00433. The average Bonchev–Trinajstić information content (AvgIpc) is 3.25. The summed E-state index contributed by atoms with van der Waals surface area (Å²) in [4.78, 5) is 42.6. The second kappa shape index (κ2) is 7.59. The lowest BCUT2D eigenvalue weighted by atomic mass is 10.3. The van der Waals surface area contributed by atoms with E-state index in [2.05, 4.69) is 10.6 Å². The molecule has 9 heteroatoms. The average molecular weight is 338 g/mol. The highest BCUT2D eigenvalue weighted by Gasteiger charge is 2.28. The van der Waals surface area contributed by atoms with E-state index in [1.807, 2.05) is 9.80 Å². The quantitative estimate of drug-likeness (QED) is 0.629. The third kappa shape index (κ3) is 3.82. The summed E-state index contributed by atoms with van der Waals surface area (Å²) in [6.45, 7) is 7.19. The molecule has 3 saturated heterocycles. The molecule has 3 aliphatic heterocycles. The Morgan fingerprint density at radius 2 is 1.04 bits per heavy atom. The predicted octanol–water partition coefficient (Wildman–Crippen LogP) is -0.445. The van der Waals surface area contributed by atoms with E-state index in [0.717, 1.165) is 39.0 Å². The fourth-order valence-electron chi connectivity index (χ4n) is 3.40. The first kappa shape index (κ1) is 16.7. The summed E-state index contributed by atoms with van der Waals surface area (Å²) in [6, 6.07) is 0.0670. The Balaban J connectivity index is 1.32. The summed E-state index contributed by atoms with van der Waals surface area (Å²) in [5, 5.41) is 5.56. The van der Waals surface area contributed by atoms with Crippen LogP contribution < -0.4 is 10.6 Å². The van der Waals surface area contributed by atoms with Crippen molar-refractivity contribution >= 4 is 18.1 Å². The maximum Gasteiger partial charge on any atom is 0.320 e. The number of carbonyl (C=O) groups is 3. The van der Waals surface area contributed by atoms with Crippen molar-refractivity contribution < 1.29 is 14.4 Å². The summed E-state index contributed by atoms with van der Waals surface area (Å²) in [6.07, 6.45) is 1.61. The monoisotopic (exact) mass is 338 g/mol. The van der Waals surface area contributed by atoms with Gasteiger partial charge in [0.2, 0.25) is 0 Å². The Morgan fingerprint density at radius 3 is 1.42 bits per heavy atom. The fraction of sp³-hybridized carbons (Fsp3) is 0.800. The number of hydrogen-bond donors (Lipinski definition) is 2. The highest BCUT2D eigenvalue weighted by atomic mass is 16.2. The molecule has 134 valence electrons. The molecule has 9 nitrogen and oxygen atoms in total. The van der Waals surface area contributed by atoms with Crippen LogP contribution in [0.15, 0.2) is 0 Å². The Morgan fingerprint density at radius 1 is 0.625 bits per heavy atom. The van der Waals surface area contributed by atoms with Gasteiger partial charge < -0.3 is 30.2 Å². The molecule has 3 heterocycles. The van der Waals surface area contributed by atoms with Gasteiger partial charge in [0.05, 0.1) is 0 Å². The Labute approximate surface area is 141 Å². The minimum Gasteiger partial charge on any atom is -0.336 e. The van der Waals surface area contributed by atoms with Crippen LogP contribution in [-0.2, 0) is 0 Å². The summed E-state index contributed by atoms with van der Waals surface area (Å²) >= 11 is 0. The first-order valence-electron chi connectivity index (χ1n) is 8.74. The molecular formula is C15H26N6O3. The largest absolute Gasteiger partial charge is 0.336 e. The number of amides is 6. The van der Waals surface area contributed by atoms with Gasteiger partial charge in [-0.05, 0) is 12.8 Å². The molecule has 6 amide bonds. The summed E-state index contributed by atoms with van der Waals surface area (Å²) in [5.41, 5.74) is 0. The van der Waals surface area contributed by atoms with E-state index in [-0.39, 0.29) is 18.1 Å². The topological polar surface area (TPSA) is 88.2 Å². The van der Waals surface area contributed by atoms with Crippen LogP contribution in [0.2, 0.25) is 0 Å². The fourth-order valence-corrected chi connectivity index (χ4v) is 3.40. The minimum atomic E-state index is -0.00433. The van der Waals surface area contributed by atoms with Crippen molar-refractivity contribution in [1.29, 1.82) is 0 Å². The molecule has 3 rings (SSSR count). The second-order valence-electron chi connectivity index (χ2n) is 6.40. The van der Waals surface area contributed by atoms with Gasteiger partial charge in [-0.25, -0.2) is 14.4 Å². The van der Waals surface area contributed by atoms with E-state index in [4.69, 9.17) is 0 Å². The summed E-state index contributed by atoms with van der Waals surface area (Å²) < 4.78 is 0. The van der Waals surface area contributed by atoms with Crippen molar-refractivity contribution in [1.82, 2.24) is 30.2 Å². The van der Waals surface area contributed by atoms with E-state index in [0.29, 0.717) is 39.3 Å². The van der Waals surface area contributed by atoms with Gasteiger partial charge in [0.25, 0.3) is 0 Å². The van der Waals surface area contributed by atoms with Gasteiger partial charge >= 0.3 is 18.1 Å². The van der Waals surface area contributed by atoms with E-state index in [1.54, 1.807) is 9.80 Å². The number of hydrogen-bond acceptors (Lipinski definition) is 3. The van der Waals surface area contributed by atoms with Crippen molar-refractivity contribution in [3.63, 3.8) is 0 Å². The third-order valence-corrected chi connectivity index (χ3v) is 4.78. The first-order chi connectivity index (χ1) is 11.6. The van der Waals surface area contributed by atoms with Gasteiger partial charge in [-0.15, -0.1) is 0 Å². The Hall–Kier alpha value is -2.19. The van der Waals surface area contributed by atoms with Gasteiger partial charge in [-0.1, -0.05) is 0 Å². The highest BCUT2D eigenvalue weighted by Crippen LogP contribution is 2.11. The Kier molecular flexibility index (Phi) is 5.27. The molecule has 24 heavy (non-hydrogen) atoms. The number of urea groups is 3. The van der Waals surface area contributed by atoms with E-state index < -0.39 is 0 Å². The van der Waals surface area contributed by atoms with E-state index in [9.17, 15) is 14.4 Å². The van der Waals surface area contributed by atoms with E-state index >= 15 is 0 Å². The van der Waals surface area contributed by atoms with Crippen LogP contribution in [0.3, 0.4) is 0 Å². The van der Waals surface area contributed by atoms with Gasteiger partial charge in [-0.3, -0.25) is 0 Å². The van der Waals surface area contributed by atoms with Gasteiger partial charge in [0.1, 0.15) is 0 Å². The molecule has 0 spiro atoms. The number of rotatable bonds is 8. The van der Waals surface area contributed by atoms with Crippen LogP contribution in [0.5, 0.6) is 0 Å². The zero-order valence-corrected chi connectivity index (χ0v) is 14.0. The Bertz CT molecular complexity index is 458. The molecule has 0 aliphatic carbocycles. The number of nitrogens with zero attached hydrogens (tertiary/aromatic N) is 4. The van der Waals surface area contributed by atoms with Crippen LogP contribution in [0.1, 0.15) is 12.8 Å². The highest BCUT2D eigenvalue weighted by molar-refractivity contribution is 5.77. The molecule has 0 atom stereocenters. The van der Waals surface area contributed by atoms with Crippen molar-refractivity contribution in [3.8, 4) is 0 Å².